The number of thioether (sulfide) groups is 1. The van der Waals surface area contributed by atoms with E-state index in [1.165, 1.54) is 30.1 Å². The van der Waals surface area contributed by atoms with Crippen LogP contribution in [-0.4, -0.2) is 45.5 Å². The van der Waals surface area contributed by atoms with Crippen LogP contribution in [0.2, 0.25) is 0 Å². The largest absolute Gasteiger partial charge is 0.339 e. The molecule has 1 fully saturated rings. The molecule has 0 atom stereocenters. The van der Waals surface area contributed by atoms with E-state index in [0.717, 1.165) is 31.5 Å². The summed E-state index contributed by atoms with van der Waals surface area (Å²) in [5, 5.41) is 14.2. The number of aryl methyl sites for hydroxylation is 1. The number of benzene rings is 1. The number of rotatable bonds is 6. The first kappa shape index (κ1) is 19.8. The predicted molar refractivity (Wildman–Crippen MR) is 107 cm³/mol. The number of pyridine rings is 1. The molecule has 1 aromatic carbocycles. The molecule has 1 aromatic heterocycles. The average molecular weight is 400 g/mol. The van der Waals surface area contributed by atoms with E-state index in [2.05, 4.69) is 10.3 Å². The first-order valence-electron chi connectivity index (χ1n) is 8.87. The molecule has 1 aliphatic heterocycles. The Morgan fingerprint density at radius 1 is 1.25 bits per heavy atom. The van der Waals surface area contributed by atoms with Crippen LogP contribution in [0.25, 0.3) is 0 Å². The van der Waals surface area contributed by atoms with Crippen LogP contribution in [0.1, 0.15) is 28.8 Å². The Labute approximate surface area is 166 Å². The van der Waals surface area contributed by atoms with Crippen molar-refractivity contribution in [2.45, 2.75) is 24.8 Å². The maximum atomic E-state index is 12.3. The average Bonchev–Trinajstić information content (AvgIpc) is 3.22. The van der Waals surface area contributed by atoms with E-state index in [4.69, 9.17) is 0 Å². The van der Waals surface area contributed by atoms with Crippen molar-refractivity contribution in [3.05, 3.63) is 57.8 Å². The number of aromatic nitrogens is 1. The molecule has 0 saturated carbocycles. The van der Waals surface area contributed by atoms with Gasteiger partial charge in [0.05, 0.1) is 27.0 Å². The van der Waals surface area contributed by atoms with E-state index < -0.39 is 4.92 Å². The molecule has 8 nitrogen and oxygen atoms in total. The summed E-state index contributed by atoms with van der Waals surface area (Å²) in [6.45, 7) is 3.34. The van der Waals surface area contributed by atoms with Crippen molar-refractivity contribution < 1.29 is 14.5 Å². The number of carbonyl (C=O) groups excluding carboxylic acids is 2. The fourth-order valence-corrected chi connectivity index (χ4v) is 3.52. The highest BCUT2D eigenvalue weighted by atomic mass is 32.2. The molecular weight excluding hydrogens is 380 g/mol. The summed E-state index contributed by atoms with van der Waals surface area (Å²) in [5.74, 6) is -0.192. The molecule has 2 amide bonds. The fourth-order valence-electron chi connectivity index (χ4n) is 2.88. The van der Waals surface area contributed by atoms with E-state index in [0.29, 0.717) is 16.3 Å². The quantitative estimate of drug-likeness (QED) is 0.453. The first-order chi connectivity index (χ1) is 13.4. The molecule has 0 aliphatic carbocycles. The minimum absolute atomic E-state index is 0.0135. The molecule has 28 heavy (non-hydrogen) atoms. The van der Waals surface area contributed by atoms with Crippen molar-refractivity contribution in [1.29, 1.82) is 0 Å². The Bertz CT molecular complexity index is 895. The van der Waals surface area contributed by atoms with E-state index in [1.807, 2.05) is 4.90 Å². The van der Waals surface area contributed by atoms with Gasteiger partial charge in [0.15, 0.2) is 0 Å². The molecule has 1 N–H and O–H groups in total. The summed E-state index contributed by atoms with van der Waals surface area (Å²) >= 11 is 1.23. The van der Waals surface area contributed by atoms with Gasteiger partial charge in [-0.15, -0.1) is 0 Å². The Kier molecular flexibility index (Phi) is 6.25. The minimum Gasteiger partial charge on any atom is -0.339 e. The van der Waals surface area contributed by atoms with E-state index in [1.54, 1.807) is 25.1 Å². The number of carbonyl (C=O) groups is 2. The highest BCUT2D eigenvalue weighted by molar-refractivity contribution is 7.99. The van der Waals surface area contributed by atoms with E-state index >= 15 is 0 Å². The maximum Gasteiger partial charge on any atom is 0.271 e. The van der Waals surface area contributed by atoms with Crippen LogP contribution >= 0.6 is 11.8 Å². The molecule has 1 saturated heterocycles. The van der Waals surface area contributed by atoms with Crippen molar-refractivity contribution in [3.8, 4) is 0 Å². The lowest BCUT2D eigenvalue weighted by Gasteiger charge is -2.14. The van der Waals surface area contributed by atoms with Crippen LogP contribution in [0.3, 0.4) is 0 Å². The molecule has 9 heteroatoms. The normalized spacial score (nSPS) is 13.4. The monoisotopic (exact) mass is 400 g/mol. The number of nitrogens with one attached hydrogen (secondary N) is 1. The second-order valence-corrected chi connectivity index (χ2v) is 7.47. The molecule has 0 bridgehead atoms. The van der Waals surface area contributed by atoms with Crippen molar-refractivity contribution in [2.75, 3.05) is 24.2 Å². The van der Waals surface area contributed by atoms with Crippen LogP contribution in [0.5, 0.6) is 0 Å². The summed E-state index contributed by atoms with van der Waals surface area (Å²) in [6.07, 6.45) is 3.60. The molecule has 0 unspecified atom stereocenters. The molecule has 2 heterocycles. The van der Waals surface area contributed by atoms with Gasteiger partial charge in [0.2, 0.25) is 5.91 Å². The summed E-state index contributed by atoms with van der Waals surface area (Å²) in [7, 11) is 0. The predicted octanol–water partition coefficient (Wildman–Crippen LogP) is 3.27. The number of non-ortho nitro benzene ring substituents is 1. The summed E-state index contributed by atoms with van der Waals surface area (Å²) in [5.41, 5.74) is 1.63. The van der Waals surface area contributed by atoms with Gasteiger partial charge >= 0.3 is 0 Å². The molecule has 1 aliphatic rings. The van der Waals surface area contributed by atoms with Crippen LogP contribution in [-0.2, 0) is 4.79 Å². The van der Waals surface area contributed by atoms with Crippen LogP contribution < -0.4 is 5.32 Å². The van der Waals surface area contributed by atoms with Gasteiger partial charge in [-0.1, -0.05) is 17.8 Å². The standard InChI is InChI=1S/C19H20N4O4S/c1-13-4-6-15(23(26)27)10-16(13)21-17(24)12-28-18-7-5-14(11-20-18)19(25)22-8-2-3-9-22/h4-7,10-11H,2-3,8-9,12H2,1H3,(H,21,24). The molecule has 0 spiro atoms. The number of likely N-dealkylation sites (tertiary alicyclic amines) is 1. The van der Waals surface area contributed by atoms with Crippen molar-refractivity contribution in [1.82, 2.24) is 9.88 Å². The smallest absolute Gasteiger partial charge is 0.271 e. The Morgan fingerprint density at radius 3 is 2.64 bits per heavy atom. The minimum atomic E-state index is -0.501. The fraction of sp³-hybridized carbons (Fsp3) is 0.316. The SMILES string of the molecule is Cc1ccc([N+](=O)[O-])cc1NC(=O)CSc1ccc(C(=O)N2CCCC2)cn1. The van der Waals surface area contributed by atoms with Gasteiger partial charge in [-0.3, -0.25) is 19.7 Å². The van der Waals surface area contributed by atoms with Crippen LogP contribution in [0.15, 0.2) is 41.6 Å². The zero-order chi connectivity index (χ0) is 20.1. The third-order valence-corrected chi connectivity index (χ3v) is 5.38. The summed E-state index contributed by atoms with van der Waals surface area (Å²) < 4.78 is 0. The van der Waals surface area contributed by atoms with E-state index in [9.17, 15) is 19.7 Å². The Hall–Kier alpha value is -2.94. The van der Waals surface area contributed by atoms with Gasteiger partial charge < -0.3 is 10.2 Å². The van der Waals surface area contributed by atoms with Gasteiger partial charge in [-0.05, 0) is 37.5 Å². The number of hydrogen-bond donors (Lipinski definition) is 1. The molecular formula is C19H20N4O4S. The molecule has 0 radical (unpaired) electrons. The molecule has 3 rings (SSSR count). The van der Waals surface area contributed by atoms with Crippen molar-refractivity contribution in [3.63, 3.8) is 0 Å². The second-order valence-electron chi connectivity index (χ2n) is 6.48. The topological polar surface area (TPSA) is 105 Å². The Morgan fingerprint density at radius 2 is 2.00 bits per heavy atom. The number of hydrogen-bond acceptors (Lipinski definition) is 6. The van der Waals surface area contributed by atoms with Crippen molar-refractivity contribution >= 4 is 35.0 Å². The van der Waals surface area contributed by atoms with Gasteiger partial charge in [0.1, 0.15) is 0 Å². The van der Waals surface area contributed by atoms with Crippen LogP contribution in [0.4, 0.5) is 11.4 Å². The zero-order valence-electron chi connectivity index (χ0n) is 15.4. The van der Waals surface area contributed by atoms with Gasteiger partial charge in [0.25, 0.3) is 11.6 Å². The molecule has 146 valence electrons. The highest BCUT2D eigenvalue weighted by Crippen LogP contribution is 2.23. The number of anilines is 1. The third-order valence-electron chi connectivity index (χ3n) is 4.43. The van der Waals surface area contributed by atoms with Crippen LogP contribution in [0, 0.1) is 17.0 Å². The maximum absolute atomic E-state index is 12.3. The Balaban J connectivity index is 1.55. The van der Waals surface area contributed by atoms with E-state index in [-0.39, 0.29) is 23.3 Å². The third kappa shape index (κ3) is 4.86. The number of amides is 2. The summed E-state index contributed by atoms with van der Waals surface area (Å²) in [4.78, 5) is 40.9. The van der Waals surface area contributed by atoms with Crippen molar-refractivity contribution in [2.24, 2.45) is 0 Å². The highest BCUT2D eigenvalue weighted by Gasteiger charge is 2.19. The summed E-state index contributed by atoms with van der Waals surface area (Å²) in [6, 6.07) is 7.78. The van der Waals surface area contributed by atoms with Gasteiger partial charge in [0, 0.05) is 31.4 Å². The van der Waals surface area contributed by atoms with Gasteiger partial charge in [-0.25, -0.2) is 4.98 Å². The lowest BCUT2D eigenvalue weighted by Crippen LogP contribution is -2.27. The first-order valence-corrected chi connectivity index (χ1v) is 9.85. The second kappa shape index (κ2) is 8.83. The lowest BCUT2D eigenvalue weighted by molar-refractivity contribution is -0.384. The molecule has 2 aromatic rings. The lowest BCUT2D eigenvalue weighted by atomic mass is 10.2. The number of nitro groups is 1. The zero-order valence-corrected chi connectivity index (χ0v) is 16.2. The number of nitro benzene ring substituents is 1. The number of nitrogens with zero attached hydrogens (tertiary/aromatic N) is 3. The van der Waals surface area contributed by atoms with Gasteiger partial charge in [-0.2, -0.15) is 0 Å².